The van der Waals surface area contributed by atoms with Crippen molar-refractivity contribution in [2.45, 2.75) is 40.0 Å². The minimum atomic E-state index is -2.87. The molecule has 0 radical (unpaired) electrons. The van der Waals surface area contributed by atoms with E-state index in [1.165, 1.54) is 36.4 Å². The molecule has 0 spiro atoms. The number of azide groups is 1. The van der Waals surface area contributed by atoms with Gasteiger partial charge in [0.05, 0.1) is 0 Å². The molecule has 37 heavy (non-hydrogen) atoms. The van der Waals surface area contributed by atoms with E-state index in [0.717, 1.165) is 0 Å². The van der Waals surface area contributed by atoms with Crippen molar-refractivity contribution in [1.82, 2.24) is 0 Å². The number of aliphatic hydroxyl groups excluding tert-OH is 3. The van der Waals surface area contributed by atoms with E-state index < -0.39 is 57.5 Å². The fourth-order valence-corrected chi connectivity index (χ4v) is 3.41. The number of Topliss-reactive ketones (excluding diaryl/α,β-unsaturated/α-hetero) is 2. The van der Waals surface area contributed by atoms with Gasteiger partial charge in [-0.2, -0.15) is 0 Å². The molecule has 0 saturated carbocycles. The summed E-state index contributed by atoms with van der Waals surface area (Å²) in [4.78, 5) is 38.0. The Balaban J connectivity index is 0.000000604. The number of aliphatic hydroxyl groups is 4. The first-order chi connectivity index (χ1) is 17.3. The van der Waals surface area contributed by atoms with Crippen molar-refractivity contribution in [3.8, 4) is 0 Å². The Labute approximate surface area is 224 Å². The third-order valence-corrected chi connectivity index (χ3v) is 5.83. The minimum absolute atomic E-state index is 0.0473. The summed E-state index contributed by atoms with van der Waals surface area (Å²) in [6.07, 6.45) is -8.19. The van der Waals surface area contributed by atoms with Gasteiger partial charge < -0.3 is 30.9 Å². The van der Waals surface area contributed by atoms with Gasteiger partial charge in [-0.15, -0.1) is 0 Å². The highest BCUT2D eigenvalue weighted by Gasteiger charge is 2.61. The zero-order valence-corrected chi connectivity index (χ0v) is 20.9. The molecule has 1 aliphatic rings. The van der Waals surface area contributed by atoms with Gasteiger partial charge >= 0.3 is 0 Å². The summed E-state index contributed by atoms with van der Waals surface area (Å²) in [5, 5.41) is 46.0. The minimum Gasteiger partial charge on any atom is -0.387 e. The lowest BCUT2D eigenvalue weighted by molar-refractivity contribution is -0.274. The molecule has 12 nitrogen and oxygen atoms in total. The molecule has 2 unspecified atom stereocenters. The molecule has 6 atom stereocenters. The Bertz CT molecular complexity index is 1160. The van der Waals surface area contributed by atoms with Crippen LogP contribution in [-0.2, 0) is 9.53 Å². The molecular formula is C22H21Cl3N4O8. The molecule has 198 valence electrons. The van der Waals surface area contributed by atoms with E-state index in [1.807, 2.05) is 0 Å². The normalized spacial score (nSPS) is 26.0. The Morgan fingerprint density at radius 1 is 1.03 bits per heavy atom. The Hall–Kier alpha value is -2.77. The van der Waals surface area contributed by atoms with Crippen LogP contribution in [0.2, 0.25) is 0 Å². The van der Waals surface area contributed by atoms with Crippen LogP contribution in [-0.4, -0.2) is 77.9 Å². The van der Waals surface area contributed by atoms with E-state index in [1.54, 1.807) is 24.3 Å². The van der Waals surface area contributed by atoms with Crippen molar-refractivity contribution in [3.05, 3.63) is 82.2 Å². The molecule has 0 aliphatic carbocycles. The summed E-state index contributed by atoms with van der Waals surface area (Å²) in [6.45, 7) is 0. The lowest BCUT2D eigenvalue weighted by Gasteiger charge is -2.47. The standard InChI is InChI=1S/C20H19N3O7.C2H2Cl3NO/c21-23-22-16-19(28)30-15(14(25)13(24)11-7-3-1-4-8-11)18(27)20(16,29)17(26)12-9-5-2-6-10-12;3-2(4,5)1(6)7/h1-10,14-16,18-19,25,27-29H;(H2,6,7)/t14?,15-,16+,18-,19?,20+;/m1./s1. The molecule has 1 aliphatic heterocycles. The summed E-state index contributed by atoms with van der Waals surface area (Å²) in [5.41, 5.74) is 10.5. The number of rotatable bonds is 6. The highest BCUT2D eigenvalue weighted by atomic mass is 35.6. The summed E-state index contributed by atoms with van der Waals surface area (Å²) >= 11 is 14.8. The monoisotopic (exact) mass is 574 g/mol. The molecule has 15 heteroatoms. The maximum atomic E-state index is 13.0. The number of nitrogens with zero attached hydrogens (tertiary/aromatic N) is 3. The number of ketones is 2. The molecular weight excluding hydrogens is 555 g/mol. The number of primary amides is 1. The second-order valence-electron chi connectivity index (χ2n) is 7.64. The van der Waals surface area contributed by atoms with Gasteiger partial charge in [-0.05, 0) is 5.53 Å². The maximum absolute atomic E-state index is 13.0. The largest absolute Gasteiger partial charge is 0.387 e. The predicted octanol–water partition coefficient (Wildman–Crippen LogP) is 1.44. The topological polar surface area (TPSA) is 216 Å². The average molecular weight is 576 g/mol. The summed E-state index contributed by atoms with van der Waals surface area (Å²) in [6, 6.07) is 13.0. The molecule has 1 amide bonds. The molecule has 1 saturated heterocycles. The van der Waals surface area contributed by atoms with Crippen molar-refractivity contribution in [1.29, 1.82) is 0 Å². The maximum Gasteiger partial charge on any atom is 0.269 e. The van der Waals surface area contributed by atoms with E-state index in [2.05, 4.69) is 15.8 Å². The highest BCUT2D eigenvalue weighted by molar-refractivity contribution is 6.76. The van der Waals surface area contributed by atoms with E-state index in [-0.39, 0.29) is 11.1 Å². The lowest BCUT2D eigenvalue weighted by atomic mass is 9.75. The van der Waals surface area contributed by atoms with Gasteiger partial charge in [0.15, 0.2) is 23.5 Å². The Morgan fingerprint density at radius 2 is 1.49 bits per heavy atom. The lowest BCUT2D eigenvalue weighted by Crippen LogP contribution is -2.71. The number of hydrogen-bond acceptors (Lipinski definition) is 9. The van der Waals surface area contributed by atoms with Crippen LogP contribution in [0.1, 0.15) is 20.7 Å². The van der Waals surface area contributed by atoms with Crippen LogP contribution < -0.4 is 5.73 Å². The molecule has 3 rings (SSSR count). The van der Waals surface area contributed by atoms with Gasteiger partial charge in [0.2, 0.25) is 0 Å². The van der Waals surface area contributed by atoms with Crippen molar-refractivity contribution in [2.24, 2.45) is 10.8 Å². The number of amides is 1. The number of halogens is 3. The Morgan fingerprint density at radius 3 is 1.92 bits per heavy atom. The number of hydrogen-bond donors (Lipinski definition) is 5. The molecule has 1 fully saturated rings. The first-order valence-corrected chi connectivity index (χ1v) is 11.4. The van der Waals surface area contributed by atoms with Gasteiger partial charge in [-0.25, -0.2) is 0 Å². The summed E-state index contributed by atoms with van der Waals surface area (Å²) < 4.78 is 3.16. The number of alkyl halides is 3. The van der Waals surface area contributed by atoms with Gasteiger partial charge in [-0.1, -0.05) is 101 Å². The predicted molar refractivity (Wildman–Crippen MR) is 132 cm³/mol. The Kier molecular flexibility index (Phi) is 10.4. The SMILES string of the molecule is NC(=O)C(Cl)(Cl)Cl.[N-]=[N+]=N[C@H]1C(O)O[C@H](C(O)C(=O)c2ccccc2)[C@@H](O)[C@@]1(O)C(=O)c1ccccc1. The fraction of sp³-hybridized carbons (Fsp3) is 0.318. The van der Waals surface area contributed by atoms with Crippen LogP contribution in [0, 0.1) is 0 Å². The van der Waals surface area contributed by atoms with Crippen molar-refractivity contribution in [3.63, 3.8) is 0 Å². The van der Waals surface area contributed by atoms with E-state index in [4.69, 9.17) is 45.1 Å². The smallest absolute Gasteiger partial charge is 0.269 e. The first-order valence-electron chi connectivity index (χ1n) is 10.3. The average Bonchev–Trinajstić information content (AvgIpc) is 2.88. The van der Waals surface area contributed by atoms with Crippen molar-refractivity contribution >= 4 is 52.3 Å². The molecule has 2 aromatic rings. The molecule has 2 aromatic carbocycles. The summed E-state index contributed by atoms with van der Waals surface area (Å²) in [7, 11) is 0. The van der Waals surface area contributed by atoms with Crippen molar-refractivity contribution < 1.29 is 39.5 Å². The highest BCUT2D eigenvalue weighted by Crippen LogP contribution is 2.36. The van der Waals surface area contributed by atoms with Gasteiger partial charge in [0, 0.05) is 16.0 Å². The molecule has 0 aromatic heterocycles. The van der Waals surface area contributed by atoms with Gasteiger partial charge in [0.25, 0.3) is 9.70 Å². The number of ether oxygens (including phenoxy) is 1. The number of carbonyl (C=O) groups is 3. The fourth-order valence-electron chi connectivity index (χ4n) is 3.41. The van der Waals surface area contributed by atoms with Crippen LogP contribution in [0.15, 0.2) is 65.8 Å². The molecule has 0 bridgehead atoms. The summed E-state index contributed by atoms with van der Waals surface area (Å²) in [5.74, 6) is -2.89. The van der Waals surface area contributed by atoms with E-state index in [9.17, 15) is 34.8 Å². The number of nitrogens with two attached hydrogens (primary N) is 1. The third-order valence-electron chi connectivity index (χ3n) is 5.27. The van der Waals surface area contributed by atoms with Crippen molar-refractivity contribution in [2.75, 3.05) is 0 Å². The molecule has 6 N–H and O–H groups in total. The zero-order valence-electron chi connectivity index (χ0n) is 18.6. The quantitative estimate of drug-likeness (QED) is 0.111. The van der Waals surface area contributed by atoms with Crippen LogP contribution >= 0.6 is 34.8 Å². The van der Waals surface area contributed by atoms with Crippen LogP contribution in [0.5, 0.6) is 0 Å². The second-order valence-corrected chi connectivity index (χ2v) is 9.92. The number of carbonyl (C=O) groups excluding carboxylic acids is 3. The second kappa shape index (κ2) is 12.7. The zero-order chi connectivity index (χ0) is 28.0. The van der Waals surface area contributed by atoms with Crippen LogP contribution in [0.3, 0.4) is 0 Å². The third kappa shape index (κ3) is 6.96. The van der Waals surface area contributed by atoms with Gasteiger partial charge in [-0.3, -0.25) is 14.4 Å². The van der Waals surface area contributed by atoms with E-state index >= 15 is 0 Å². The van der Waals surface area contributed by atoms with E-state index in [0.29, 0.717) is 0 Å². The van der Waals surface area contributed by atoms with Crippen LogP contribution in [0.4, 0.5) is 0 Å². The molecule has 1 heterocycles. The first kappa shape index (κ1) is 30.5. The van der Waals surface area contributed by atoms with Crippen LogP contribution in [0.25, 0.3) is 10.4 Å². The van der Waals surface area contributed by atoms with Gasteiger partial charge in [0.1, 0.15) is 24.4 Å². The number of benzene rings is 2.